The summed E-state index contributed by atoms with van der Waals surface area (Å²) in [6.45, 7) is 5.48. The van der Waals surface area contributed by atoms with Gasteiger partial charge in [-0.25, -0.2) is 4.39 Å². The van der Waals surface area contributed by atoms with Crippen LogP contribution < -0.4 is 5.32 Å². The number of rotatable bonds is 5. The minimum absolute atomic E-state index is 0.0101. The van der Waals surface area contributed by atoms with E-state index in [2.05, 4.69) is 17.1 Å². The van der Waals surface area contributed by atoms with E-state index in [1.54, 1.807) is 12.1 Å². The van der Waals surface area contributed by atoms with Gasteiger partial charge in [-0.3, -0.25) is 9.59 Å². The first kappa shape index (κ1) is 22.5. The molecule has 0 aliphatic carbocycles. The van der Waals surface area contributed by atoms with Crippen LogP contribution in [-0.2, 0) is 11.2 Å². The topological polar surface area (TPSA) is 52.7 Å². The molecule has 2 aliphatic rings. The van der Waals surface area contributed by atoms with Crippen LogP contribution in [0.15, 0.2) is 48.5 Å². The molecule has 2 fully saturated rings. The van der Waals surface area contributed by atoms with E-state index in [1.807, 2.05) is 29.2 Å². The number of carbonyl (C=O) groups is 2. The molecule has 2 aromatic rings. The molecule has 2 amide bonds. The van der Waals surface area contributed by atoms with Crippen molar-refractivity contribution in [1.29, 1.82) is 0 Å². The average molecular weight is 438 g/mol. The molecule has 1 N–H and O–H groups in total. The van der Waals surface area contributed by atoms with Gasteiger partial charge in [0.15, 0.2) is 0 Å². The summed E-state index contributed by atoms with van der Waals surface area (Å²) in [6.07, 6.45) is 4.59. The Bertz CT molecular complexity index is 913. The molecule has 2 aromatic carbocycles. The van der Waals surface area contributed by atoms with Crippen molar-refractivity contribution in [3.8, 4) is 0 Å². The Balaban J connectivity index is 1.22. The third-order valence-electron chi connectivity index (χ3n) is 6.89. The van der Waals surface area contributed by atoms with E-state index in [0.29, 0.717) is 11.7 Å². The number of carbonyl (C=O) groups excluding carboxylic acids is 2. The Morgan fingerprint density at radius 2 is 1.53 bits per heavy atom. The third-order valence-corrected chi connectivity index (χ3v) is 6.89. The van der Waals surface area contributed by atoms with Gasteiger partial charge in [0, 0.05) is 36.3 Å². The average Bonchev–Trinajstić information content (AvgIpc) is 2.85. The molecule has 4 rings (SSSR count). The number of amides is 2. The van der Waals surface area contributed by atoms with E-state index in [0.717, 1.165) is 63.8 Å². The molecule has 170 valence electrons. The van der Waals surface area contributed by atoms with Gasteiger partial charge in [-0.2, -0.15) is 0 Å². The molecule has 6 heteroatoms. The van der Waals surface area contributed by atoms with E-state index >= 15 is 0 Å². The highest BCUT2D eigenvalue weighted by molar-refractivity contribution is 5.94. The van der Waals surface area contributed by atoms with Gasteiger partial charge in [-0.05, 0) is 87.2 Å². The number of piperidine rings is 2. The Morgan fingerprint density at radius 1 is 0.906 bits per heavy atom. The number of hydrogen-bond acceptors (Lipinski definition) is 3. The number of anilines is 1. The van der Waals surface area contributed by atoms with Gasteiger partial charge in [0.2, 0.25) is 5.91 Å². The first-order chi connectivity index (χ1) is 15.5. The Labute approximate surface area is 189 Å². The summed E-state index contributed by atoms with van der Waals surface area (Å²) in [6, 6.07) is 14.3. The number of nitrogens with zero attached hydrogens (tertiary/aromatic N) is 2. The molecule has 0 saturated carbocycles. The minimum Gasteiger partial charge on any atom is -0.339 e. The van der Waals surface area contributed by atoms with Crippen molar-refractivity contribution >= 4 is 17.5 Å². The summed E-state index contributed by atoms with van der Waals surface area (Å²) in [7, 11) is 0. The monoisotopic (exact) mass is 437 g/mol. The van der Waals surface area contributed by atoms with Crippen LogP contribution in [0.25, 0.3) is 0 Å². The van der Waals surface area contributed by atoms with Crippen molar-refractivity contribution in [2.45, 2.75) is 45.1 Å². The van der Waals surface area contributed by atoms with E-state index in [-0.39, 0.29) is 23.5 Å². The zero-order chi connectivity index (χ0) is 22.5. The first-order valence-corrected chi connectivity index (χ1v) is 11.7. The summed E-state index contributed by atoms with van der Waals surface area (Å²) < 4.78 is 13.0. The fraction of sp³-hybridized carbons (Fsp3) is 0.462. The van der Waals surface area contributed by atoms with Gasteiger partial charge < -0.3 is 15.1 Å². The highest BCUT2D eigenvalue weighted by atomic mass is 19.1. The molecular weight excluding hydrogens is 405 g/mol. The van der Waals surface area contributed by atoms with Crippen molar-refractivity contribution in [3.05, 3.63) is 65.5 Å². The predicted molar refractivity (Wildman–Crippen MR) is 124 cm³/mol. The molecule has 2 aliphatic heterocycles. The second-order valence-electron chi connectivity index (χ2n) is 8.88. The van der Waals surface area contributed by atoms with Crippen LogP contribution in [-0.4, -0.2) is 53.8 Å². The van der Waals surface area contributed by atoms with Gasteiger partial charge in [0.1, 0.15) is 5.82 Å². The SMILES string of the molecule is CCc1ccc(C(=O)N2CCC(N3CCC(C(=O)Nc4ccc(F)cc4)CC3)CC2)cc1. The zero-order valence-corrected chi connectivity index (χ0v) is 18.7. The normalized spacial score (nSPS) is 18.5. The van der Waals surface area contributed by atoms with Crippen molar-refractivity contribution in [1.82, 2.24) is 9.80 Å². The van der Waals surface area contributed by atoms with Crippen molar-refractivity contribution in [2.24, 2.45) is 5.92 Å². The van der Waals surface area contributed by atoms with Crippen LogP contribution >= 0.6 is 0 Å². The lowest BCUT2D eigenvalue weighted by Crippen LogP contribution is -2.49. The van der Waals surface area contributed by atoms with E-state index in [1.165, 1.54) is 17.7 Å². The highest BCUT2D eigenvalue weighted by Gasteiger charge is 2.31. The Hall–Kier alpha value is -2.73. The number of hydrogen-bond donors (Lipinski definition) is 1. The minimum atomic E-state index is -0.307. The predicted octanol–water partition coefficient (Wildman–Crippen LogP) is 4.34. The van der Waals surface area contributed by atoms with Crippen LogP contribution in [0.5, 0.6) is 0 Å². The number of aryl methyl sites for hydroxylation is 1. The van der Waals surface area contributed by atoms with Crippen molar-refractivity contribution < 1.29 is 14.0 Å². The second kappa shape index (κ2) is 10.3. The molecule has 0 spiro atoms. The molecular formula is C26H32FN3O2. The maximum atomic E-state index is 13.0. The van der Waals surface area contributed by atoms with Crippen LogP contribution in [0.3, 0.4) is 0 Å². The maximum Gasteiger partial charge on any atom is 0.253 e. The quantitative estimate of drug-likeness (QED) is 0.757. The van der Waals surface area contributed by atoms with Crippen LogP contribution in [0.4, 0.5) is 10.1 Å². The first-order valence-electron chi connectivity index (χ1n) is 11.7. The van der Waals surface area contributed by atoms with Crippen molar-refractivity contribution in [3.63, 3.8) is 0 Å². The van der Waals surface area contributed by atoms with Gasteiger partial charge in [0.05, 0.1) is 0 Å². The summed E-state index contributed by atoms with van der Waals surface area (Å²) in [4.78, 5) is 29.8. The summed E-state index contributed by atoms with van der Waals surface area (Å²) in [5.74, 6) is -0.171. The largest absolute Gasteiger partial charge is 0.339 e. The number of likely N-dealkylation sites (tertiary alicyclic amines) is 2. The molecule has 0 bridgehead atoms. The molecule has 0 radical (unpaired) electrons. The Morgan fingerprint density at radius 3 is 2.12 bits per heavy atom. The molecule has 32 heavy (non-hydrogen) atoms. The van der Waals surface area contributed by atoms with Crippen LogP contribution in [0.2, 0.25) is 0 Å². The van der Waals surface area contributed by atoms with Gasteiger partial charge in [0.25, 0.3) is 5.91 Å². The number of benzene rings is 2. The molecule has 2 saturated heterocycles. The lowest BCUT2D eigenvalue weighted by molar-refractivity contribution is -0.121. The second-order valence-corrected chi connectivity index (χ2v) is 8.88. The third kappa shape index (κ3) is 5.36. The van der Waals surface area contributed by atoms with Crippen LogP contribution in [0, 0.1) is 11.7 Å². The lowest BCUT2D eigenvalue weighted by Gasteiger charge is -2.41. The highest BCUT2D eigenvalue weighted by Crippen LogP contribution is 2.25. The fourth-order valence-corrected chi connectivity index (χ4v) is 4.80. The molecule has 5 nitrogen and oxygen atoms in total. The van der Waals surface area contributed by atoms with Gasteiger partial charge in [-0.1, -0.05) is 19.1 Å². The standard InChI is InChI=1S/C26H32FN3O2/c1-2-19-3-5-21(6-4-19)26(32)30-17-13-24(14-18-30)29-15-11-20(12-16-29)25(31)28-23-9-7-22(27)8-10-23/h3-10,20,24H,2,11-18H2,1H3,(H,28,31). The maximum absolute atomic E-state index is 13.0. The summed E-state index contributed by atoms with van der Waals surface area (Å²) in [5.41, 5.74) is 2.66. The van der Waals surface area contributed by atoms with Gasteiger partial charge in [-0.15, -0.1) is 0 Å². The summed E-state index contributed by atoms with van der Waals surface area (Å²) >= 11 is 0. The molecule has 0 atom stereocenters. The van der Waals surface area contributed by atoms with Crippen LogP contribution in [0.1, 0.15) is 48.5 Å². The summed E-state index contributed by atoms with van der Waals surface area (Å²) in [5, 5.41) is 2.91. The van der Waals surface area contributed by atoms with E-state index < -0.39 is 0 Å². The van der Waals surface area contributed by atoms with E-state index in [4.69, 9.17) is 0 Å². The van der Waals surface area contributed by atoms with E-state index in [9.17, 15) is 14.0 Å². The number of nitrogens with one attached hydrogen (secondary N) is 1. The fourth-order valence-electron chi connectivity index (χ4n) is 4.80. The Kier molecular flexibility index (Phi) is 7.20. The number of halogens is 1. The van der Waals surface area contributed by atoms with Crippen molar-refractivity contribution in [2.75, 3.05) is 31.5 Å². The molecule has 0 aromatic heterocycles. The van der Waals surface area contributed by atoms with Gasteiger partial charge >= 0.3 is 0 Å². The molecule has 0 unspecified atom stereocenters. The molecule has 2 heterocycles. The zero-order valence-electron chi connectivity index (χ0n) is 18.7. The lowest BCUT2D eigenvalue weighted by atomic mass is 9.92. The smallest absolute Gasteiger partial charge is 0.253 e.